The summed E-state index contributed by atoms with van der Waals surface area (Å²) < 4.78 is 12.8. The van der Waals surface area contributed by atoms with E-state index in [1.807, 2.05) is 11.8 Å². The maximum atomic E-state index is 12.8. The van der Waals surface area contributed by atoms with Gasteiger partial charge in [0.15, 0.2) is 0 Å². The average molecular weight is 547 g/mol. The molecule has 0 saturated heterocycles. The number of hydrogen-bond donors (Lipinski definition) is 1. The molecule has 0 saturated carbocycles. The molecule has 3 atom stereocenters. The van der Waals surface area contributed by atoms with Gasteiger partial charge in [0.1, 0.15) is 0 Å². The van der Waals surface area contributed by atoms with E-state index in [2.05, 4.69) is 32.8 Å². The topological polar surface area (TPSA) is 46.3 Å². The molecule has 0 rings (SSSR count). The van der Waals surface area contributed by atoms with Crippen LogP contribution in [0.1, 0.15) is 149 Å². The van der Waals surface area contributed by atoms with Crippen molar-refractivity contribution in [3.63, 3.8) is 0 Å². The smallest absolute Gasteiger partial charge is 0.0354 e. The van der Waals surface area contributed by atoms with Gasteiger partial charge in [0.25, 0.3) is 0 Å². The van der Waals surface area contributed by atoms with Gasteiger partial charge in [-0.15, -0.1) is 0 Å². The van der Waals surface area contributed by atoms with E-state index in [9.17, 15) is 4.21 Å². The van der Waals surface area contributed by atoms with Crippen molar-refractivity contribution in [1.82, 2.24) is 4.90 Å². The first-order chi connectivity index (χ1) is 17.5. The molecule has 0 aliphatic heterocycles. The lowest BCUT2D eigenvalue weighted by atomic mass is 10.1. The van der Waals surface area contributed by atoms with Crippen molar-refractivity contribution in [1.29, 1.82) is 0 Å². The molecule has 0 spiro atoms. The Morgan fingerprint density at radius 1 is 0.667 bits per heavy atom. The van der Waals surface area contributed by atoms with Gasteiger partial charge in [-0.05, 0) is 39.1 Å². The molecule has 3 nitrogen and oxygen atoms in total. The second-order valence-corrected chi connectivity index (χ2v) is 14.5. The number of hydrogen-bond acceptors (Lipinski definition) is 4. The largest absolute Gasteiger partial charge is 0.327 e. The fourth-order valence-corrected chi connectivity index (χ4v) is 8.12. The first-order valence-corrected chi connectivity index (χ1v) is 18.4. The van der Waals surface area contributed by atoms with Crippen LogP contribution in [0.15, 0.2) is 0 Å². The number of likely N-dealkylation sites (N-methyl/N-ethyl adjacent to an activating group) is 1. The Morgan fingerprint density at radius 3 is 1.53 bits per heavy atom. The van der Waals surface area contributed by atoms with E-state index in [0.717, 1.165) is 30.9 Å². The minimum absolute atomic E-state index is 0.180. The summed E-state index contributed by atoms with van der Waals surface area (Å²) in [5, 5.41) is 0.447. The summed E-state index contributed by atoms with van der Waals surface area (Å²) in [5.41, 5.74) is 6.43. The maximum Gasteiger partial charge on any atom is 0.0354 e. The molecular weight excluding hydrogens is 480 g/mol. The summed E-state index contributed by atoms with van der Waals surface area (Å²) in [7, 11) is 3.49. The molecule has 0 fully saturated rings. The zero-order valence-corrected chi connectivity index (χ0v) is 26.7. The normalized spacial score (nSPS) is 14.4. The van der Waals surface area contributed by atoms with E-state index < -0.39 is 10.8 Å². The second-order valence-electron chi connectivity index (χ2n) is 11.4. The highest BCUT2D eigenvalue weighted by molar-refractivity contribution is 8.00. The van der Waals surface area contributed by atoms with Gasteiger partial charge in [-0.2, -0.15) is 11.8 Å². The van der Waals surface area contributed by atoms with E-state index in [0.29, 0.717) is 5.25 Å². The highest BCUT2D eigenvalue weighted by Crippen LogP contribution is 2.21. The first kappa shape index (κ1) is 36.4. The third-order valence-electron chi connectivity index (χ3n) is 7.11. The number of nitrogens with two attached hydrogens (primary N) is 1. The van der Waals surface area contributed by atoms with Crippen LogP contribution in [-0.4, -0.2) is 58.3 Å². The Bertz CT molecular complexity index is 462. The second kappa shape index (κ2) is 28.4. The Morgan fingerprint density at radius 2 is 1.08 bits per heavy atom. The first-order valence-electron chi connectivity index (χ1n) is 15.9. The molecule has 2 N–H and O–H groups in total. The van der Waals surface area contributed by atoms with Gasteiger partial charge in [-0.3, -0.25) is 4.21 Å². The van der Waals surface area contributed by atoms with Crippen LogP contribution >= 0.6 is 11.8 Å². The minimum atomic E-state index is -0.697. The standard InChI is InChI=1S/C31H66N2OS2/c1-5-7-9-11-13-15-17-19-21-23-25-35-31(27-30(32)28-33(3)4)29-36(34)26-24-22-20-18-16-14-12-10-8-6-2/h30-31H,5-29,32H2,1-4H3. The molecule has 0 amide bonds. The molecule has 3 unspecified atom stereocenters. The predicted molar refractivity (Wildman–Crippen MR) is 169 cm³/mol. The van der Waals surface area contributed by atoms with Crippen molar-refractivity contribution in [2.75, 3.05) is 37.9 Å². The van der Waals surface area contributed by atoms with Crippen LogP contribution in [0.5, 0.6) is 0 Å². The molecule has 0 aromatic heterocycles. The summed E-state index contributed by atoms with van der Waals surface area (Å²) in [6.45, 7) is 5.48. The van der Waals surface area contributed by atoms with E-state index in [1.54, 1.807) is 0 Å². The van der Waals surface area contributed by atoms with Crippen LogP contribution in [0.2, 0.25) is 0 Å². The van der Waals surface area contributed by atoms with Crippen LogP contribution in [0, 0.1) is 0 Å². The molecule has 0 radical (unpaired) electrons. The van der Waals surface area contributed by atoms with Gasteiger partial charge in [0.05, 0.1) is 0 Å². The molecule has 0 heterocycles. The number of thioether (sulfide) groups is 1. The molecule has 5 heteroatoms. The Labute approximate surface area is 234 Å². The fourth-order valence-electron chi connectivity index (χ4n) is 4.95. The van der Waals surface area contributed by atoms with E-state index in [4.69, 9.17) is 5.73 Å². The van der Waals surface area contributed by atoms with Crippen LogP contribution in [-0.2, 0) is 10.8 Å². The van der Waals surface area contributed by atoms with Gasteiger partial charge in [0.2, 0.25) is 0 Å². The highest BCUT2D eigenvalue weighted by Gasteiger charge is 2.17. The molecule has 36 heavy (non-hydrogen) atoms. The average Bonchev–Trinajstić information content (AvgIpc) is 2.83. The predicted octanol–water partition coefficient (Wildman–Crippen LogP) is 8.96. The van der Waals surface area contributed by atoms with Crippen LogP contribution < -0.4 is 5.73 Å². The Kier molecular flexibility index (Phi) is 28.8. The summed E-state index contributed by atoms with van der Waals surface area (Å²) in [5.74, 6) is 2.92. The van der Waals surface area contributed by atoms with Crippen molar-refractivity contribution < 1.29 is 4.21 Å². The Balaban J connectivity index is 4.01. The molecule has 0 bridgehead atoms. The molecule has 0 aromatic rings. The van der Waals surface area contributed by atoms with Crippen molar-refractivity contribution in [3.8, 4) is 0 Å². The molecule has 218 valence electrons. The van der Waals surface area contributed by atoms with Gasteiger partial charge in [-0.1, -0.05) is 129 Å². The number of unbranched alkanes of at least 4 members (excludes halogenated alkanes) is 18. The summed E-state index contributed by atoms with van der Waals surface area (Å²) in [6, 6.07) is 0.180. The third-order valence-corrected chi connectivity index (χ3v) is 10.2. The van der Waals surface area contributed by atoms with Gasteiger partial charge >= 0.3 is 0 Å². The lowest BCUT2D eigenvalue weighted by Crippen LogP contribution is -2.36. The monoisotopic (exact) mass is 546 g/mol. The fraction of sp³-hybridized carbons (Fsp3) is 1.00. The Hall–Kier alpha value is 0.420. The zero-order chi connectivity index (χ0) is 26.7. The van der Waals surface area contributed by atoms with Crippen molar-refractivity contribution >= 4 is 22.6 Å². The molecule has 0 aliphatic carbocycles. The minimum Gasteiger partial charge on any atom is -0.327 e. The van der Waals surface area contributed by atoms with Crippen molar-refractivity contribution in [3.05, 3.63) is 0 Å². The number of nitrogens with zero attached hydrogens (tertiary/aromatic N) is 1. The van der Waals surface area contributed by atoms with E-state index in [1.165, 1.54) is 128 Å². The summed E-state index contributed by atoms with van der Waals surface area (Å²) >= 11 is 2.05. The van der Waals surface area contributed by atoms with Crippen molar-refractivity contribution in [2.45, 2.75) is 160 Å². The lowest BCUT2D eigenvalue weighted by Gasteiger charge is -2.23. The summed E-state index contributed by atoms with van der Waals surface area (Å²) in [6.07, 6.45) is 28.2. The SMILES string of the molecule is CCCCCCCCCCCCSC(CC(N)CN(C)C)CS(=O)CCCCCCCCCCCC. The lowest BCUT2D eigenvalue weighted by molar-refractivity contribution is 0.363. The van der Waals surface area contributed by atoms with Gasteiger partial charge in [-0.25, -0.2) is 0 Å². The zero-order valence-electron chi connectivity index (χ0n) is 25.1. The van der Waals surface area contributed by atoms with Crippen molar-refractivity contribution in [2.24, 2.45) is 5.73 Å². The van der Waals surface area contributed by atoms with Crippen LogP contribution in [0.4, 0.5) is 0 Å². The molecule has 0 aromatic carbocycles. The quantitative estimate of drug-likeness (QED) is 0.0951. The van der Waals surface area contributed by atoms with Gasteiger partial charge in [0, 0.05) is 40.1 Å². The van der Waals surface area contributed by atoms with E-state index in [-0.39, 0.29) is 6.04 Å². The van der Waals surface area contributed by atoms with Gasteiger partial charge < -0.3 is 10.6 Å². The highest BCUT2D eigenvalue weighted by atomic mass is 32.2. The molecule has 0 aliphatic rings. The summed E-state index contributed by atoms with van der Waals surface area (Å²) in [4.78, 5) is 2.18. The number of rotatable bonds is 29. The van der Waals surface area contributed by atoms with Crippen LogP contribution in [0.3, 0.4) is 0 Å². The third kappa shape index (κ3) is 27.5. The van der Waals surface area contributed by atoms with E-state index >= 15 is 0 Å². The van der Waals surface area contributed by atoms with Crippen LogP contribution in [0.25, 0.3) is 0 Å². The molecular formula is C31H66N2OS2. The maximum absolute atomic E-state index is 12.8.